The minimum atomic E-state index is -0.125. The summed E-state index contributed by atoms with van der Waals surface area (Å²) in [4.78, 5) is 8.93. The molecule has 1 atom stereocenters. The van der Waals surface area contributed by atoms with Gasteiger partial charge < -0.3 is 0 Å². The first-order valence-corrected chi connectivity index (χ1v) is 10.6. The van der Waals surface area contributed by atoms with Crippen molar-refractivity contribution in [2.45, 2.75) is 58.5 Å². The summed E-state index contributed by atoms with van der Waals surface area (Å²) in [6.45, 7) is 21.1. The fraction of sp³-hybridized carbons (Fsp3) is 0.458. The number of rotatable bonds is 8. The SMILES string of the molecule is C=C=C(C=CC(=CC=C)C(C)(C)C)C(CC)C(C)(C)c1cnc(SC)nc1. The average Bonchev–Trinajstić information content (AvgIpc) is 2.62. The molecule has 0 aliphatic heterocycles. The Morgan fingerprint density at radius 2 is 1.78 bits per heavy atom. The van der Waals surface area contributed by atoms with E-state index in [0.29, 0.717) is 0 Å². The Labute approximate surface area is 170 Å². The van der Waals surface area contributed by atoms with Crippen molar-refractivity contribution >= 4 is 11.8 Å². The Balaban J connectivity index is 3.26. The van der Waals surface area contributed by atoms with Crippen molar-refractivity contribution < 1.29 is 0 Å². The van der Waals surface area contributed by atoms with Crippen LogP contribution in [0.5, 0.6) is 0 Å². The fourth-order valence-electron chi connectivity index (χ4n) is 3.23. The lowest BCUT2D eigenvalue weighted by Gasteiger charge is -2.34. The van der Waals surface area contributed by atoms with Gasteiger partial charge in [-0.15, -0.1) is 5.73 Å². The first-order chi connectivity index (χ1) is 12.6. The van der Waals surface area contributed by atoms with Crippen LogP contribution in [0.1, 0.15) is 53.5 Å². The maximum Gasteiger partial charge on any atom is 0.187 e. The normalized spacial score (nSPS) is 14.1. The molecule has 1 aromatic heterocycles. The molecule has 2 nitrogen and oxygen atoms in total. The Bertz CT molecular complexity index is 740. The predicted molar refractivity (Wildman–Crippen MR) is 120 cm³/mol. The Kier molecular flexibility index (Phi) is 8.53. The van der Waals surface area contributed by atoms with Crippen molar-refractivity contribution in [3.8, 4) is 0 Å². The van der Waals surface area contributed by atoms with Crippen molar-refractivity contribution in [3.63, 3.8) is 0 Å². The number of aromatic nitrogens is 2. The summed E-state index contributed by atoms with van der Waals surface area (Å²) in [5, 5.41) is 0.798. The number of nitrogens with zero attached hydrogens (tertiary/aromatic N) is 2. The molecular formula is C24H34N2S. The van der Waals surface area contributed by atoms with Gasteiger partial charge in [0.05, 0.1) is 0 Å². The maximum absolute atomic E-state index is 4.46. The van der Waals surface area contributed by atoms with Crippen LogP contribution in [0.25, 0.3) is 0 Å². The third-order valence-corrected chi connectivity index (χ3v) is 5.60. The highest BCUT2D eigenvalue weighted by Gasteiger charge is 2.32. The van der Waals surface area contributed by atoms with Gasteiger partial charge in [-0.2, -0.15) is 0 Å². The highest BCUT2D eigenvalue weighted by atomic mass is 32.2. The zero-order valence-corrected chi connectivity index (χ0v) is 18.8. The topological polar surface area (TPSA) is 25.8 Å². The van der Waals surface area contributed by atoms with E-state index in [0.717, 1.165) is 22.7 Å². The minimum Gasteiger partial charge on any atom is -0.231 e. The molecule has 0 spiro atoms. The van der Waals surface area contributed by atoms with Gasteiger partial charge in [-0.05, 0) is 34.8 Å². The third-order valence-electron chi connectivity index (χ3n) is 5.02. The summed E-state index contributed by atoms with van der Waals surface area (Å²) in [5.41, 5.74) is 6.57. The highest BCUT2D eigenvalue weighted by molar-refractivity contribution is 7.98. The summed E-state index contributed by atoms with van der Waals surface area (Å²) in [6.07, 6.45) is 15.1. The molecule has 3 heteroatoms. The van der Waals surface area contributed by atoms with Gasteiger partial charge in [0.15, 0.2) is 5.16 Å². The fourth-order valence-corrected chi connectivity index (χ4v) is 3.55. The second-order valence-corrected chi connectivity index (χ2v) is 8.99. The molecule has 146 valence electrons. The summed E-state index contributed by atoms with van der Waals surface area (Å²) in [7, 11) is 0. The molecule has 1 rings (SSSR count). The van der Waals surface area contributed by atoms with E-state index < -0.39 is 0 Å². The monoisotopic (exact) mass is 382 g/mol. The summed E-state index contributed by atoms with van der Waals surface area (Å²) in [6, 6.07) is 0. The van der Waals surface area contributed by atoms with Crippen molar-refractivity contribution in [1.29, 1.82) is 0 Å². The van der Waals surface area contributed by atoms with Crippen molar-refractivity contribution in [3.05, 3.63) is 72.3 Å². The summed E-state index contributed by atoms with van der Waals surface area (Å²) >= 11 is 1.56. The highest BCUT2D eigenvalue weighted by Crippen LogP contribution is 2.38. The van der Waals surface area contributed by atoms with Gasteiger partial charge in [0.1, 0.15) is 0 Å². The van der Waals surface area contributed by atoms with Crippen LogP contribution in [0, 0.1) is 11.3 Å². The standard InChI is InChI=1S/C24H34N2S/c1-10-13-19(23(4,5)6)15-14-18(11-2)21(12-3)24(7,8)20-16-25-22(27-9)26-17-20/h10,13-17,21H,1-2,12H2,3-9H3. The third kappa shape index (κ3) is 6.09. The molecular weight excluding hydrogens is 348 g/mol. The average molecular weight is 383 g/mol. The van der Waals surface area contributed by atoms with Gasteiger partial charge in [-0.3, -0.25) is 0 Å². The van der Waals surface area contributed by atoms with Gasteiger partial charge in [-0.1, -0.05) is 90.8 Å². The summed E-state index contributed by atoms with van der Waals surface area (Å²) in [5.74, 6) is 0.264. The molecule has 0 aromatic carbocycles. The van der Waals surface area contributed by atoms with Crippen LogP contribution in [0.2, 0.25) is 0 Å². The zero-order valence-electron chi connectivity index (χ0n) is 18.0. The largest absolute Gasteiger partial charge is 0.231 e. The van der Waals surface area contributed by atoms with Crippen molar-refractivity contribution in [1.82, 2.24) is 9.97 Å². The number of thioether (sulfide) groups is 1. The van der Waals surface area contributed by atoms with Crippen LogP contribution < -0.4 is 0 Å². The first kappa shape index (κ1) is 23.2. The van der Waals surface area contributed by atoms with E-state index >= 15 is 0 Å². The van der Waals surface area contributed by atoms with Crippen LogP contribution >= 0.6 is 11.8 Å². The number of hydrogen-bond donors (Lipinski definition) is 0. The Morgan fingerprint density at radius 1 is 1.19 bits per heavy atom. The van der Waals surface area contributed by atoms with Crippen LogP contribution in [0.3, 0.4) is 0 Å². The van der Waals surface area contributed by atoms with E-state index in [1.807, 2.05) is 24.7 Å². The van der Waals surface area contributed by atoms with Crippen molar-refractivity contribution in [2.24, 2.45) is 11.3 Å². The van der Waals surface area contributed by atoms with E-state index in [1.165, 1.54) is 5.57 Å². The number of hydrogen-bond acceptors (Lipinski definition) is 3. The lowest BCUT2D eigenvalue weighted by Crippen LogP contribution is -2.29. The molecule has 1 heterocycles. The quantitative estimate of drug-likeness (QED) is 0.211. The van der Waals surface area contributed by atoms with Crippen LogP contribution in [0.4, 0.5) is 0 Å². The van der Waals surface area contributed by atoms with Crippen LogP contribution in [0.15, 0.2) is 71.9 Å². The zero-order chi connectivity index (χ0) is 20.7. The molecule has 0 aliphatic carbocycles. The van der Waals surface area contributed by atoms with E-state index in [2.05, 4.69) is 88.6 Å². The van der Waals surface area contributed by atoms with Crippen LogP contribution in [-0.4, -0.2) is 16.2 Å². The van der Waals surface area contributed by atoms with E-state index in [-0.39, 0.29) is 16.7 Å². The lowest BCUT2D eigenvalue weighted by atomic mass is 9.69. The molecule has 0 amide bonds. The lowest BCUT2D eigenvalue weighted by molar-refractivity contribution is 0.358. The molecule has 0 radical (unpaired) electrons. The second kappa shape index (κ2) is 9.92. The Morgan fingerprint density at radius 3 is 2.19 bits per heavy atom. The predicted octanol–water partition coefficient (Wildman–Crippen LogP) is 6.93. The van der Waals surface area contributed by atoms with E-state index in [4.69, 9.17) is 0 Å². The van der Waals surface area contributed by atoms with Gasteiger partial charge in [0, 0.05) is 23.7 Å². The van der Waals surface area contributed by atoms with E-state index in [9.17, 15) is 0 Å². The van der Waals surface area contributed by atoms with Gasteiger partial charge in [0.2, 0.25) is 0 Å². The molecule has 0 saturated heterocycles. The molecule has 1 unspecified atom stereocenters. The van der Waals surface area contributed by atoms with Gasteiger partial charge in [-0.25, -0.2) is 9.97 Å². The molecule has 0 saturated carbocycles. The molecule has 0 N–H and O–H groups in total. The van der Waals surface area contributed by atoms with Gasteiger partial charge in [0.25, 0.3) is 0 Å². The number of allylic oxidation sites excluding steroid dienone is 6. The molecule has 27 heavy (non-hydrogen) atoms. The minimum absolute atomic E-state index is 0.0513. The summed E-state index contributed by atoms with van der Waals surface area (Å²) < 4.78 is 0. The second-order valence-electron chi connectivity index (χ2n) is 8.21. The molecule has 0 bridgehead atoms. The molecule has 1 aromatic rings. The molecule has 0 aliphatic rings. The smallest absolute Gasteiger partial charge is 0.187 e. The van der Waals surface area contributed by atoms with Crippen molar-refractivity contribution in [2.75, 3.05) is 6.26 Å². The van der Waals surface area contributed by atoms with Gasteiger partial charge >= 0.3 is 0 Å². The maximum atomic E-state index is 4.46. The molecule has 0 fully saturated rings. The van der Waals surface area contributed by atoms with E-state index in [1.54, 1.807) is 11.8 Å². The Hall–Kier alpha value is -1.83. The van der Waals surface area contributed by atoms with Crippen LogP contribution in [-0.2, 0) is 5.41 Å². The first-order valence-electron chi connectivity index (χ1n) is 9.39.